The molecule has 104 valence electrons. The van der Waals surface area contributed by atoms with Crippen molar-refractivity contribution in [2.75, 3.05) is 6.54 Å². The summed E-state index contributed by atoms with van der Waals surface area (Å²) in [6, 6.07) is 22.1. The standard InChI is InChI=1S/C18H22N2/c1-14-18(2,19)13-20(14)17(15-9-5-3-6-10-15)16-11-7-4-8-12-16/h3-12,14,17H,13,19H2,1-2H3/t14-,18+/m1/s1. The van der Waals surface area contributed by atoms with Gasteiger partial charge in [-0.1, -0.05) is 60.7 Å². The predicted molar refractivity (Wildman–Crippen MR) is 83.5 cm³/mol. The molecule has 0 unspecified atom stereocenters. The van der Waals surface area contributed by atoms with Crippen molar-refractivity contribution in [2.45, 2.75) is 31.5 Å². The third kappa shape index (κ3) is 2.26. The maximum Gasteiger partial charge on any atom is 0.0605 e. The zero-order valence-corrected chi connectivity index (χ0v) is 12.2. The highest BCUT2D eigenvalue weighted by Crippen LogP contribution is 2.38. The minimum Gasteiger partial charge on any atom is -0.323 e. The summed E-state index contributed by atoms with van der Waals surface area (Å²) in [4.78, 5) is 2.49. The molecule has 0 saturated carbocycles. The second-order valence-corrected chi connectivity index (χ2v) is 6.08. The highest BCUT2D eigenvalue weighted by molar-refractivity contribution is 5.33. The monoisotopic (exact) mass is 266 g/mol. The van der Waals surface area contributed by atoms with Crippen molar-refractivity contribution in [1.82, 2.24) is 4.90 Å². The van der Waals surface area contributed by atoms with Gasteiger partial charge in [0.1, 0.15) is 0 Å². The molecular formula is C18H22N2. The molecule has 2 aromatic rings. The Kier molecular flexibility index (Phi) is 3.36. The topological polar surface area (TPSA) is 29.3 Å². The first kappa shape index (κ1) is 13.3. The SMILES string of the molecule is C[C@H]1N(C(c2ccccc2)c2ccccc2)C[C@]1(C)N. The Balaban J connectivity index is 1.98. The number of nitrogens with zero attached hydrogens (tertiary/aromatic N) is 1. The van der Waals surface area contributed by atoms with Crippen molar-refractivity contribution < 1.29 is 0 Å². The van der Waals surface area contributed by atoms with Crippen LogP contribution in [0.15, 0.2) is 60.7 Å². The van der Waals surface area contributed by atoms with Crippen LogP contribution in [0.2, 0.25) is 0 Å². The molecule has 0 aromatic heterocycles. The quantitative estimate of drug-likeness (QED) is 0.924. The molecule has 2 atom stereocenters. The van der Waals surface area contributed by atoms with E-state index in [0.29, 0.717) is 12.1 Å². The Labute approximate surface area is 121 Å². The van der Waals surface area contributed by atoms with Crippen LogP contribution in [-0.2, 0) is 0 Å². The molecule has 2 aromatic carbocycles. The average Bonchev–Trinajstić information content (AvgIpc) is 2.48. The summed E-state index contributed by atoms with van der Waals surface area (Å²) < 4.78 is 0. The largest absolute Gasteiger partial charge is 0.323 e. The smallest absolute Gasteiger partial charge is 0.0605 e. The highest BCUT2D eigenvalue weighted by Gasteiger charge is 2.46. The Morgan fingerprint density at radius 2 is 1.45 bits per heavy atom. The van der Waals surface area contributed by atoms with E-state index in [2.05, 4.69) is 79.4 Å². The number of rotatable bonds is 3. The third-order valence-electron chi connectivity index (χ3n) is 4.54. The van der Waals surface area contributed by atoms with Crippen LogP contribution >= 0.6 is 0 Å². The van der Waals surface area contributed by atoms with Crippen LogP contribution in [0.4, 0.5) is 0 Å². The highest BCUT2D eigenvalue weighted by atomic mass is 15.3. The Bertz CT molecular complexity index is 523. The summed E-state index contributed by atoms with van der Waals surface area (Å²) in [7, 11) is 0. The molecule has 1 aliphatic rings. The first-order chi connectivity index (χ1) is 9.59. The summed E-state index contributed by atoms with van der Waals surface area (Å²) in [6.07, 6.45) is 0. The summed E-state index contributed by atoms with van der Waals surface area (Å²) in [5, 5.41) is 0. The zero-order valence-electron chi connectivity index (χ0n) is 12.2. The van der Waals surface area contributed by atoms with Crippen LogP contribution in [0.5, 0.6) is 0 Å². The number of nitrogens with two attached hydrogens (primary N) is 1. The fourth-order valence-corrected chi connectivity index (χ4v) is 3.09. The Morgan fingerprint density at radius 1 is 1.00 bits per heavy atom. The van der Waals surface area contributed by atoms with Crippen molar-refractivity contribution in [2.24, 2.45) is 5.73 Å². The van der Waals surface area contributed by atoms with Gasteiger partial charge in [-0.05, 0) is 25.0 Å². The van der Waals surface area contributed by atoms with Gasteiger partial charge in [0.2, 0.25) is 0 Å². The van der Waals surface area contributed by atoms with Gasteiger partial charge in [-0.3, -0.25) is 4.90 Å². The lowest BCUT2D eigenvalue weighted by atomic mass is 9.80. The molecule has 2 nitrogen and oxygen atoms in total. The van der Waals surface area contributed by atoms with Crippen molar-refractivity contribution in [3.8, 4) is 0 Å². The first-order valence-corrected chi connectivity index (χ1v) is 7.24. The van der Waals surface area contributed by atoms with E-state index in [-0.39, 0.29) is 5.54 Å². The van der Waals surface area contributed by atoms with Crippen LogP contribution in [0.3, 0.4) is 0 Å². The summed E-state index contributed by atoms with van der Waals surface area (Å²) in [6.45, 7) is 5.30. The second kappa shape index (κ2) is 5.04. The molecule has 2 heteroatoms. The molecule has 0 spiro atoms. The minimum absolute atomic E-state index is 0.0815. The lowest BCUT2D eigenvalue weighted by Crippen LogP contribution is -2.72. The van der Waals surface area contributed by atoms with E-state index in [1.165, 1.54) is 11.1 Å². The molecule has 3 rings (SSSR count). The molecule has 0 aliphatic carbocycles. The van der Waals surface area contributed by atoms with Gasteiger partial charge in [0.05, 0.1) is 6.04 Å². The average molecular weight is 266 g/mol. The molecule has 2 N–H and O–H groups in total. The van der Waals surface area contributed by atoms with Gasteiger partial charge in [-0.15, -0.1) is 0 Å². The van der Waals surface area contributed by atoms with Crippen molar-refractivity contribution in [3.05, 3.63) is 71.8 Å². The van der Waals surface area contributed by atoms with Crippen LogP contribution in [-0.4, -0.2) is 23.0 Å². The van der Waals surface area contributed by atoms with E-state index >= 15 is 0 Å². The molecule has 0 amide bonds. The molecule has 1 saturated heterocycles. The number of hydrogen-bond donors (Lipinski definition) is 1. The van der Waals surface area contributed by atoms with Crippen molar-refractivity contribution in [3.63, 3.8) is 0 Å². The molecule has 1 heterocycles. The lowest BCUT2D eigenvalue weighted by Gasteiger charge is -2.56. The van der Waals surface area contributed by atoms with Gasteiger partial charge in [0, 0.05) is 18.1 Å². The summed E-state index contributed by atoms with van der Waals surface area (Å²) in [5.41, 5.74) is 8.89. The van der Waals surface area contributed by atoms with Crippen LogP contribution < -0.4 is 5.73 Å². The third-order valence-corrected chi connectivity index (χ3v) is 4.54. The molecule has 0 radical (unpaired) electrons. The van der Waals surface area contributed by atoms with Gasteiger partial charge in [0.15, 0.2) is 0 Å². The molecule has 20 heavy (non-hydrogen) atoms. The van der Waals surface area contributed by atoms with Gasteiger partial charge in [0.25, 0.3) is 0 Å². The van der Waals surface area contributed by atoms with Crippen LogP contribution in [0.1, 0.15) is 31.0 Å². The van der Waals surface area contributed by atoms with E-state index < -0.39 is 0 Å². The molecule has 1 aliphatic heterocycles. The lowest BCUT2D eigenvalue weighted by molar-refractivity contribution is -0.0126. The van der Waals surface area contributed by atoms with Crippen LogP contribution in [0.25, 0.3) is 0 Å². The fraction of sp³-hybridized carbons (Fsp3) is 0.333. The fourth-order valence-electron chi connectivity index (χ4n) is 3.09. The van der Waals surface area contributed by atoms with Crippen molar-refractivity contribution in [1.29, 1.82) is 0 Å². The van der Waals surface area contributed by atoms with Gasteiger partial charge in [-0.25, -0.2) is 0 Å². The minimum atomic E-state index is -0.0815. The van der Waals surface area contributed by atoms with E-state index in [1.807, 2.05) is 0 Å². The summed E-state index contributed by atoms with van der Waals surface area (Å²) in [5.74, 6) is 0. The van der Waals surface area contributed by atoms with Gasteiger partial charge >= 0.3 is 0 Å². The van der Waals surface area contributed by atoms with E-state index in [4.69, 9.17) is 5.73 Å². The normalized spacial score (nSPS) is 26.5. The van der Waals surface area contributed by atoms with E-state index in [9.17, 15) is 0 Å². The molecule has 1 fully saturated rings. The Hall–Kier alpha value is -1.64. The Morgan fingerprint density at radius 3 is 1.80 bits per heavy atom. The number of hydrogen-bond acceptors (Lipinski definition) is 2. The second-order valence-electron chi connectivity index (χ2n) is 6.08. The maximum absolute atomic E-state index is 6.31. The molecule has 0 bridgehead atoms. The van der Waals surface area contributed by atoms with Crippen LogP contribution in [0, 0.1) is 0 Å². The zero-order chi connectivity index (χ0) is 14.2. The van der Waals surface area contributed by atoms with Crippen molar-refractivity contribution >= 4 is 0 Å². The number of benzene rings is 2. The maximum atomic E-state index is 6.31. The van der Waals surface area contributed by atoms with Gasteiger partial charge in [-0.2, -0.15) is 0 Å². The van der Waals surface area contributed by atoms with Gasteiger partial charge < -0.3 is 5.73 Å². The van der Waals surface area contributed by atoms with E-state index in [0.717, 1.165) is 6.54 Å². The first-order valence-electron chi connectivity index (χ1n) is 7.24. The summed E-state index contributed by atoms with van der Waals surface area (Å²) >= 11 is 0. The molecular weight excluding hydrogens is 244 g/mol. The number of likely N-dealkylation sites (tertiary alicyclic amines) is 1. The van der Waals surface area contributed by atoms with E-state index in [1.54, 1.807) is 0 Å². The predicted octanol–water partition coefficient (Wildman–Crippen LogP) is 3.20.